The van der Waals surface area contributed by atoms with E-state index in [9.17, 15) is 9.59 Å². The molecule has 14 heavy (non-hydrogen) atoms. The molecule has 80 valence electrons. The monoisotopic (exact) mass is 199 g/mol. The molecule has 4 heteroatoms. The summed E-state index contributed by atoms with van der Waals surface area (Å²) in [5.74, 6) is -0.955. The van der Waals surface area contributed by atoms with Gasteiger partial charge in [-0.3, -0.25) is 9.59 Å². The maximum absolute atomic E-state index is 11.9. The van der Waals surface area contributed by atoms with Crippen LogP contribution in [0.5, 0.6) is 0 Å². The number of nitrogens with one attached hydrogen (secondary N) is 1. The van der Waals surface area contributed by atoms with E-state index in [-0.39, 0.29) is 11.7 Å². The van der Waals surface area contributed by atoms with Crippen LogP contribution < -0.4 is 5.32 Å². The second-order valence-corrected chi connectivity index (χ2v) is 4.18. The Hall–Kier alpha value is -0.900. The lowest BCUT2D eigenvalue weighted by Crippen LogP contribution is -2.47. The first-order valence-corrected chi connectivity index (χ1v) is 4.80. The van der Waals surface area contributed by atoms with Crippen molar-refractivity contribution in [3.05, 3.63) is 0 Å². The third-order valence-electron chi connectivity index (χ3n) is 3.14. The summed E-state index contributed by atoms with van der Waals surface area (Å²) in [6.07, 6.45) is 0. The van der Waals surface area contributed by atoms with Gasteiger partial charge in [0, 0.05) is 6.54 Å². The van der Waals surface area contributed by atoms with Crippen LogP contribution in [-0.4, -0.2) is 30.9 Å². The first-order chi connectivity index (χ1) is 6.43. The van der Waals surface area contributed by atoms with Gasteiger partial charge in [0.2, 0.25) is 0 Å². The molecule has 1 aliphatic rings. The number of esters is 1. The number of hydrogen-bond acceptors (Lipinski definition) is 4. The number of ketones is 1. The minimum Gasteiger partial charge on any atom is -0.468 e. The van der Waals surface area contributed by atoms with Crippen LogP contribution in [0, 0.1) is 11.8 Å². The van der Waals surface area contributed by atoms with Crippen molar-refractivity contribution in [2.24, 2.45) is 11.8 Å². The number of carbonyl (C=O) groups excluding carboxylic acids is 2. The molecule has 1 N–H and O–H groups in total. The normalized spacial score (nSPS) is 32.4. The molecule has 1 aliphatic heterocycles. The summed E-state index contributed by atoms with van der Waals surface area (Å²) in [5, 5.41) is 3.10. The Bertz CT molecular complexity index is 262. The Morgan fingerprint density at radius 3 is 2.57 bits per heavy atom. The lowest BCUT2D eigenvalue weighted by Gasteiger charge is -2.27. The van der Waals surface area contributed by atoms with Crippen molar-refractivity contribution in [3.8, 4) is 0 Å². The minimum absolute atomic E-state index is 0.0562. The molecule has 2 unspecified atom stereocenters. The van der Waals surface area contributed by atoms with Crippen LogP contribution in [0.25, 0.3) is 0 Å². The van der Waals surface area contributed by atoms with Crippen LogP contribution in [0.15, 0.2) is 0 Å². The number of rotatable bonds is 2. The van der Waals surface area contributed by atoms with Crippen molar-refractivity contribution < 1.29 is 14.3 Å². The van der Waals surface area contributed by atoms with Crippen molar-refractivity contribution in [2.45, 2.75) is 26.3 Å². The predicted octanol–water partition coefficient (Wildman–Crippen LogP) is 0.363. The summed E-state index contributed by atoms with van der Waals surface area (Å²) >= 11 is 0. The highest BCUT2D eigenvalue weighted by Gasteiger charge is 2.49. The largest absolute Gasteiger partial charge is 0.468 e. The van der Waals surface area contributed by atoms with Crippen molar-refractivity contribution in [3.63, 3.8) is 0 Å². The second-order valence-electron chi connectivity index (χ2n) is 4.18. The Morgan fingerprint density at radius 2 is 2.21 bits per heavy atom. The van der Waals surface area contributed by atoms with Gasteiger partial charge in [-0.05, 0) is 12.8 Å². The molecule has 1 saturated heterocycles. The van der Waals surface area contributed by atoms with Crippen molar-refractivity contribution in [1.29, 1.82) is 0 Å². The van der Waals surface area contributed by atoms with Gasteiger partial charge in [0.25, 0.3) is 0 Å². The zero-order chi connectivity index (χ0) is 10.9. The summed E-state index contributed by atoms with van der Waals surface area (Å²) in [5.41, 5.74) is -0.584. The SMILES string of the molecule is COC(=O)C1CNC(C)(C(C)C)C1=O. The van der Waals surface area contributed by atoms with E-state index in [1.165, 1.54) is 7.11 Å². The highest BCUT2D eigenvalue weighted by Crippen LogP contribution is 2.27. The second kappa shape index (κ2) is 3.69. The van der Waals surface area contributed by atoms with E-state index in [4.69, 9.17) is 0 Å². The number of Topliss-reactive ketones (excluding diaryl/α,β-unsaturated/α-hetero) is 1. The van der Waals surface area contributed by atoms with E-state index in [0.717, 1.165) is 0 Å². The quantitative estimate of drug-likeness (QED) is 0.515. The molecule has 0 amide bonds. The molecule has 1 fully saturated rings. The van der Waals surface area contributed by atoms with Gasteiger partial charge in [-0.2, -0.15) is 0 Å². The van der Waals surface area contributed by atoms with Gasteiger partial charge in [-0.15, -0.1) is 0 Å². The Balaban J connectivity index is 2.83. The smallest absolute Gasteiger partial charge is 0.317 e. The highest BCUT2D eigenvalue weighted by atomic mass is 16.5. The van der Waals surface area contributed by atoms with E-state index < -0.39 is 17.4 Å². The van der Waals surface area contributed by atoms with Gasteiger partial charge in [0.05, 0.1) is 12.6 Å². The number of methoxy groups -OCH3 is 1. The molecule has 1 heterocycles. The molecule has 0 radical (unpaired) electrons. The number of carbonyl (C=O) groups is 2. The fourth-order valence-corrected chi connectivity index (χ4v) is 1.68. The van der Waals surface area contributed by atoms with Crippen molar-refractivity contribution >= 4 is 11.8 Å². The third-order valence-corrected chi connectivity index (χ3v) is 3.14. The molecule has 0 aliphatic carbocycles. The zero-order valence-electron chi connectivity index (χ0n) is 9.09. The molecule has 2 atom stereocenters. The first-order valence-electron chi connectivity index (χ1n) is 4.80. The van der Waals surface area contributed by atoms with Gasteiger partial charge in [-0.1, -0.05) is 13.8 Å². The van der Waals surface area contributed by atoms with Crippen LogP contribution >= 0.6 is 0 Å². The van der Waals surface area contributed by atoms with E-state index in [0.29, 0.717) is 6.54 Å². The summed E-state index contributed by atoms with van der Waals surface area (Å²) in [4.78, 5) is 23.2. The Morgan fingerprint density at radius 1 is 1.64 bits per heavy atom. The maximum atomic E-state index is 11.9. The molecule has 4 nitrogen and oxygen atoms in total. The molecule has 0 aromatic carbocycles. The minimum atomic E-state index is -0.632. The lowest BCUT2D eigenvalue weighted by molar-refractivity contribution is -0.148. The van der Waals surface area contributed by atoms with Gasteiger partial charge in [0.1, 0.15) is 5.92 Å². The standard InChI is InChI=1S/C10H17NO3/c1-6(2)10(3)8(12)7(5-11-10)9(13)14-4/h6-7,11H,5H2,1-4H3. The summed E-state index contributed by atoms with van der Waals surface area (Å²) < 4.78 is 4.58. The summed E-state index contributed by atoms with van der Waals surface area (Å²) in [6.45, 7) is 6.15. The summed E-state index contributed by atoms with van der Waals surface area (Å²) in [6, 6.07) is 0. The molecule has 0 spiro atoms. The van der Waals surface area contributed by atoms with Gasteiger partial charge in [0.15, 0.2) is 5.78 Å². The third kappa shape index (κ3) is 1.54. The number of hydrogen-bond donors (Lipinski definition) is 1. The summed E-state index contributed by atoms with van der Waals surface area (Å²) in [7, 11) is 1.31. The molecular formula is C10H17NO3. The molecule has 0 aromatic rings. The predicted molar refractivity (Wildman–Crippen MR) is 51.8 cm³/mol. The highest BCUT2D eigenvalue weighted by molar-refractivity contribution is 6.05. The zero-order valence-corrected chi connectivity index (χ0v) is 9.09. The van der Waals surface area contributed by atoms with E-state index in [2.05, 4.69) is 10.1 Å². The Labute approximate surface area is 84.0 Å². The Kier molecular flexibility index (Phi) is 2.95. The fraction of sp³-hybridized carbons (Fsp3) is 0.800. The van der Waals surface area contributed by atoms with E-state index in [1.54, 1.807) is 0 Å². The average molecular weight is 199 g/mol. The number of ether oxygens (including phenoxy) is 1. The van der Waals surface area contributed by atoms with Gasteiger partial charge >= 0.3 is 5.97 Å². The van der Waals surface area contributed by atoms with Crippen LogP contribution in [0.1, 0.15) is 20.8 Å². The fourth-order valence-electron chi connectivity index (χ4n) is 1.68. The van der Waals surface area contributed by atoms with Crippen LogP contribution in [0.2, 0.25) is 0 Å². The van der Waals surface area contributed by atoms with Crippen molar-refractivity contribution in [1.82, 2.24) is 5.32 Å². The van der Waals surface area contributed by atoms with E-state index >= 15 is 0 Å². The molecule has 0 bridgehead atoms. The van der Waals surface area contributed by atoms with Gasteiger partial charge in [-0.25, -0.2) is 0 Å². The molecular weight excluding hydrogens is 182 g/mol. The van der Waals surface area contributed by atoms with Gasteiger partial charge < -0.3 is 10.1 Å². The van der Waals surface area contributed by atoms with Crippen LogP contribution in [0.3, 0.4) is 0 Å². The average Bonchev–Trinajstić information content (AvgIpc) is 2.44. The van der Waals surface area contributed by atoms with E-state index in [1.807, 2.05) is 20.8 Å². The molecule has 0 aromatic heterocycles. The lowest BCUT2D eigenvalue weighted by atomic mass is 9.83. The first kappa shape index (κ1) is 11.2. The molecule has 1 rings (SSSR count). The van der Waals surface area contributed by atoms with Crippen LogP contribution in [-0.2, 0) is 14.3 Å². The van der Waals surface area contributed by atoms with Crippen molar-refractivity contribution in [2.75, 3.05) is 13.7 Å². The maximum Gasteiger partial charge on any atom is 0.317 e. The van der Waals surface area contributed by atoms with Crippen LogP contribution in [0.4, 0.5) is 0 Å². The topological polar surface area (TPSA) is 55.4 Å². The molecule has 0 saturated carbocycles.